The summed E-state index contributed by atoms with van der Waals surface area (Å²) in [6.07, 6.45) is 1.19. The minimum Gasteiger partial charge on any atom is -0.378 e. The van der Waals surface area contributed by atoms with Crippen LogP contribution in [0.2, 0.25) is 0 Å². The Kier molecular flexibility index (Phi) is 5.74. The van der Waals surface area contributed by atoms with Gasteiger partial charge in [0.1, 0.15) is 0 Å². The van der Waals surface area contributed by atoms with Gasteiger partial charge in [0, 0.05) is 25.7 Å². The molecule has 0 bridgehead atoms. The van der Waals surface area contributed by atoms with E-state index in [1.807, 2.05) is 0 Å². The summed E-state index contributed by atoms with van der Waals surface area (Å²) in [6, 6.07) is 11.2. The van der Waals surface area contributed by atoms with Crippen molar-refractivity contribution in [2.24, 2.45) is 0 Å². The van der Waals surface area contributed by atoms with Gasteiger partial charge in [-0.2, -0.15) is 0 Å². The molecule has 1 fully saturated rings. The summed E-state index contributed by atoms with van der Waals surface area (Å²) < 4.78 is 0. The molecule has 1 unspecified atom stereocenters. The number of likely N-dealkylation sites (tertiary alicyclic amines) is 1. The van der Waals surface area contributed by atoms with E-state index in [2.05, 4.69) is 40.5 Å². The van der Waals surface area contributed by atoms with Crippen molar-refractivity contribution in [3.8, 4) is 0 Å². The molecule has 0 radical (unpaired) electrons. The number of hydrogen-bond acceptors (Lipinski definition) is 2. The summed E-state index contributed by atoms with van der Waals surface area (Å²) in [4.78, 5) is 2.46. The zero-order valence-electron chi connectivity index (χ0n) is 9.13. The molecule has 0 amide bonds. The molecule has 88 valence electrons. The van der Waals surface area contributed by atoms with Gasteiger partial charge in [0.2, 0.25) is 0 Å². The third-order valence-corrected chi connectivity index (χ3v) is 2.96. The number of halogens is 1. The molecule has 1 saturated heterocycles. The minimum atomic E-state index is 0. The van der Waals surface area contributed by atoms with E-state index in [1.54, 1.807) is 5.49 Å². The van der Waals surface area contributed by atoms with E-state index in [4.69, 9.17) is 12.2 Å². The van der Waals surface area contributed by atoms with Crippen molar-refractivity contribution >= 4 is 30.1 Å². The van der Waals surface area contributed by atoms with Gasteiger partial charge in [-0.05, 0) is 12.0 Å². The van der Waals surface area contributed by atoms with Crippen LogP contribution in [-0.4, -0.2) is 29.5 Å². The molecular weight excluding hydrogens is 240 g/mol. The summed E-state index contributed by atoms with van der Waals surface area (Å²) in [7, 11) is 0. The second kappa shape index (κ2) is 6.84. The van der Waals surface area contributed by atoms with Gasteiger partial charge < -0.3 is 5.32 Å². The molecule has 0 saturated carbocycles. The molecule has 0 aliphatic carbocycles. The summed E-state index contributed by atoms with van der Waals surface area (Å²) in [5.74, 6) is 0. The molecule has 1 aromatic rings. The van der Waals surface area contributed by atoms with Crippen LogP contribution in [0.1, 0.15) is 12.0 Å². The Balaban J connectivity index is 0.00000128. The van der Waals surface area contributed by atoms with E-state index >= 15 is 0 Å². The van der Waals surface area contributed by atoms with Gasteiger partial charge >= 0.3 is 0 Å². The molecule has 16 heavy (non-hydrogen) atoms. The van der Waals surface area contributed by atoms with Gasteiger partial charge in [-0.15, -0.1) is 12.4 Å². The molecule has 1 aliphatic heterocycles. The first-order valence-electron chi connectivity index (χ1n) is 5.34. The highest BCUT2D eigenvalue weighted by atomic mass is 35.5. The second-order valence-electron chi connectivity index (χ2n) is 3.99. The Bertz CT molecular complexity index is 318. The van der Waals surface area contributed by atoms with Crippen molar-refractivity contribution in [1.29, 1.82) is 0 Å². The van der Waals surface area contributed by atoms with Gasteiger partial charge in [-0.3, -0.25) is 4.90 Å². The van der Waals surface area contributed by atoms with Crippen LogP contribution < -0.4 is 5.32 Å². The lowest BCUT2D eigenvalue weighted by atomic mass is 10.2. The first kappa shape index (κ1) is 13.4. The predicted molar refractivity (Wildman–Crippen MR) is 74.2 cm³/mol. The highest BCUT2D eigenvalue weighted by Crippen LogP contribution is 2.12. The van der Waals surface area contributed by atoms with Crippen LogP contribution in [0.3, 0.4) is 0 Å². The maximum absolute atomic E-state index is 4.80. The fourth-order valence-corrected chi connectivity index (χ4v) is 2.24. The van der Waals surface area contributed by atoms with E-state index in [1.165, 1.54) is 12.0 Å². The highest BCUT2D eigenvalue weighted by molar-refractivity contribution is 7.78. The number of nitrogens with one attached hydrogen (secondary N) is 1. The second-order valence-corrected chi connectivity index (χ2v) is 4.23. The van der Waals surface area contributed by atoms with E-state index < -0.39 is 0 Å². The fourth-order valence-electron chi connectivity index (χ4n) is 2.05. The van der Waals surface area contributed by atoms with Gasteiger partial charge in [-0.1, -0.05) is 42.5 Å². The van der Waals surface area contributed by atoms with Crippen molar-refractivity contribution in [2.75, 3.05) is 13.1 Å². The molecule has 1 aliphatic rings. The number of nitrogens with zero attached hydrogens (tertiary/aromatic N) is 1. The summed E-state index contributed by atoms with van der Waals surface area (Å²) in [5, 5.41) is 3.21. The lowest BCUT2D eigenvalue weighted by Crippen LogP contribution is -2.30. The van der Waals surface area contributed by atoms with E-state index in [-0.39, 0.29) is 12.4 Å². The molecule has 0 aromatic heterocycles. The van der Waals surface area contributed by atoms with Crippen molar-refractivity contribution in [3.63, 3.8) is 0 Å². The van der Waals surface area contributed by atoms with Crippen molar-refractivity contribution < 1.29 is 0 Å². The Morgan fingerprint density at radius 3 is 2.81 bits per heavy atom. The van der Waals surface area contributed by atoms with Crippen LogP contribution in [0, 0.1) is 0 Å². The van der Waals surface area contributed by atoms with Crippen molar-refractivity contribution in [3.05, 3.63) is 35.9 Å². The lowest BCUT2D eigenvalue weighted by Gasteiger charge is -2.15. The van der Waals surface area contributed by atoms with E-state index in [0.717, 1.165) is 19.6 Å². The van der Waals surface area contributed by atoms with Crippen LogP contribution in [0.4, 0.5) is 0 Å². The largest absolute Gasteiger partial charge is 0.378 e. The fraction of sp³-hybridized carbons (Fsp3) is 0.417. The number of rotatable bonds is 4. The maximum atomic E-state index is 4.80. The average Bonchev–Trinajstić information content (AvgIpc) is 2.68. The average molecular weight is 257 g/mol. The van der Waals surface area contributed by atoms with Crippen LogP contribution in [-0.2, 0) is 6.54 Å². The van der Waals surface area contributed by atoms with E-state index in [9.17, 15) is 0 Å². The van der Waals surface area contributed by atoms with Crippen molar-refractivity contribution in [2.45, 2.75) is 19.0 Å². The number of benzene rings is 1. The lowest BCUT2D eigenvalue weighted by molar-refractivity contribution is 0.325. The van der Waals surface area contributed by atoms with Crippen LogP contribution >= 0.6 is 24.6 Å². The van der Waals surface area contributed by atoms with Gasteiger partial charge in [0.05, 0.1) is 5.49 Å². The molecule has 4 heteroatoms. The Morgan fingerprint density at radius 2 is 2.12 bits per heavy atom. The molecule has 1 atom stereocenters. The van der Waals surface area contributed by atoms with Gasteiger partial charge in [0.15, 0.2) is 0 Å². The third-order valence-electron chi connectivity index (χ3n) is 2.83. The summed E-state index contributed by atoms with van der Waals surface area (Å²) in [6.45, 7) is 3.31. The standard InChI is InChI=1S/C12H16N2S.ClH/c15-10-13-12-6-7-14(9-12)8-11-4-2-1-3-5-11;/h1-5,10,12H,6-9H2,(H,13,15);1H. The molecular formula is C12H17ClN2S. The zero-order valence-corrected chi connectivity index (χ0v) is 10.8. The SMILES string of the molecule is Cl.S=CNC1CCN(Cc2ccccc2)C1. The topological polar surface area (TPSA) is 15.3 Å². The maximum Gasteiger partial charge on any atom is 0.0617 e. The number of hydrogen-bond donors (Lipinski definition) is 1. The molecule has 1 N–H and O–H groups in total. The first-order chi connectivity index (χ1) is 7.38. The molecule has 1 aromatic carbocycles. The molecule has 0 spiro atoms. The molecule has 2 rings (SSSR count). The summed E-state index contributed by atoms with van der Waals surface area (Å²) >= 11 is 4.80. The van der Waals surface area contributed by atoms with E-state index in [0.29, 0.717) is 6.04 Å². The normalized spacial score (nSPS) is 20.1. The first-order valence-corrected chi connectivity index (χ1v) is 5.81. The van der Waals surface area contributed by atoms with Crippen LogP contribution in [0.25, 0.3) is 0 Å². The monoisotopic (exact) mass is 256 g/mol. The summed E-state index contributed by atoms with van der Waals surface area (Å²) in [5.41, 5.74) is 3.02. The predicted octanol–water partition coefficient (Wildman–Crippen LogP) is 2.23. The smallest absolute Gasteiger partial charge is 0.0617 e. The quantitative estimate of drug-likeness (QED) is 0.832. The highest BCUT2D eigenvalue weighted by Gasteiger charge is 2.20. The Morgan fingerprint density at radius 1 is 1.38 bits per heavy atom. The van der Waals surface area contributed by atoms with Crippen LogP contribution in [0.5, 0.6) is 0 Å². The number of thiocarbonyl (C=S) groups is 1. The van der Waals surface area contributed by atoms with Crippen LogP contribution in [0.15, 0.2) is 30.3 Å². The molecule has 1 heterocycles. The third kappa shape index (κ3) is 3.74. The van der Waals surface area contributed by atoms with Crippen molar-refractivity contribution in [1.82, 2.24) is 10.2 Å². The minimum absolute atomic E-state index is 0. The molecule has 2 nitrogen and oxygen atoms in total. The van der Waals surface area contributed by atoms with Gasteiger partial charge in [-0.25, -0.2) is 0 Å². The Hall–Kier alpha value is -0.640. The van der Waals surface area contributed by atoms with Gasteiger partial charge in [0.25, 0.3) is 0 Å². The zero-order chi connectivity index (χ0) is 10.5. The Labute approximate surface area is 108 Å².